The molecule has 0 aliphatic heterocycles. The summed E-state index contributed by atoms with van der Waals surface area (Å²) in [6, 6.07) is 8.94. The molecule has 0 bridgehead atoms. The largest absolute Gasteiger partial charge is 0.484 e. The van der Waals surface area contributed by atoms with Gasteiger partial charge in [0.2, 0.25) is 11.9 Å². The average molecular weight is 275 g/mol. The maximum Gasteiger partial charge on any atom is 0.258 e. The first-order valence-corrected chi connectivity index (χ1v) is 5.84. The van der Waals surface area contributed by atoms with Gasteiger partial charge in [0, 0.05) is 0 Å². The molecule has 2 amide bonds. The Labute approximate surface area is 114 Å². The van der Waals surface area contributed by atoms with Crippen LogP contribution in [0.15, 0.2) is 36.7 Å². The fourth-order valence-electron chi connectivity index (χ4n) is 1.34. The molecule has 0 saturated heterocycles. The summed E-state index contributed by atoms with van der Waals surface area (Å²) in [6.07, 6.45) is 1.27. The number of benzene rings is 1. The quantitative estimate of drug-likeness (QED) is 0.684. The minimum Gasteiger partial charge on any atom is -0.484 e. The van der Waals surface area contributed by atoms with E-state index < -0.39 is 5.91 Å². The van der Waals surface area contributed by atoms with Gasteiger partial charge in [0.25, 0.3) is 5.91 Å². The van der Waals surface area contributed by atoms with Crippen LogP contribution in [0, 0.1) is 0 Å². The number of carbonyl (C=O) groups is 2. The Hall–Kier alpha value is -2.90. The van der Waals surface area contributed by atoms with Crippen molar-refractivity contribution in [2.45, 2.75) is 0 Å². The van der Waals surface area contributed by atoms with E-state index in [9.17, 15) is 9.59 Å². The van der Waals surface area contributed by atoms with Crippen molar-refractivity contribution >= 4 is 17.8 Å². The first-order chi connectivity index (χ1) is 9.74. The van der Waals surface area contributed by atoms with Crippen molar-refractivity contribution in [1.82, 2.24) is 20.5 Å². The summed E-state index contributed by atoms with van der Waals surface area (Å²) < 4.78 is 5.23. The van der Waals surface area contributed by atoms with Crippen molar-refractivity contribution in [2.24, 2.45) is 0 Å². The number of hydrogen-bond acceptors (Lipinski definition) is 5. The van der Waals surface area contributed by atoms with Gasteiger partial charge in [-0.25, -0.2) is 5.10 Å². The molecule has 1 aromatic heterocycles. The van der Waals surface area contributed by atoms with E-state index in [1.54, 1.807) is 24.3 Å². The van der Waals surface area contributed by atoms with E-state index in [1.165, 1.54) is 6.33 Å². The molecule has 3 N–H and O–H groups in total. The molecular weight excluding hydrogens is 262 g/mol. The molecule has 0 unspecified atom stereocenters. The third kappa shape index (κ3) is 4.41. The van der Waals surface area contributed by atoms with Gasteiger partial charge in [-0.1, -0.05) is 18.2 Å². The number of nitrogens with zero attached hydrogens (tertiary/aromatic N) is 2. The van der Waals surface area contributed by atoms with E-state index in [2.05, 4.69) is 25.8 Å². The Morgan fingerprint density at radius 3 is 2.70 bits per heavy atom. The minimum atomic E-state index is -0.408. The van der Waals surface area contributed by atoms with Gasteiger partial charge in [-0.15, -0.1) is 0 Å². The highest BCUT2D eigenvalue weighted by atomic mass is 16.5. The summed E-state index contributed by atoms with van der Waals surface area (Å²) in [6.45, 7) is -0.322. The molecule has 0 fully saturated rings. The van der Waals surface area contributed by atoms with Gasteiger partial charge in [0.05, 0.1) is 6.54 Å². The summed E-state index contributed by atoms with van der Waals surface area (Å²) in [4.78, 5) is 26.6. The Morgan fingerprint density at radius 1 is 1.20 bits per heavy atom. The lowest BCUT2D eigenvalue weighted by Gasteiger charge is -2.07. The van der Waals surface area contributed by atoms with Crippen molar-refractivity contribution in [3.8, 4) is 5.75 Å². The SMILES string of the molecule is O=C(COc1ccccc1)NCC(=O)Nc1ncn[nH]1. The fourth-order valence-corrected chi connectivity index (χ4v) is 1.34. The second-order valence-electron chi connectivity index (χ2n) is 3.76. The summed E-state index contributed by atoms with van der Waals surface area (Å²) in [5, 5.41) is 10.9. The van der Waals surface area contributed by atoms with Crippen LogP contribution >= 0.6 is 0 Å². The van der Waals surface area contributed by atoms with Crippen LogP contribution in [0.5, 0.6) is 5.75 Å². The van der Waals surface area contributed by atoms with Crippen molar-refractivity contribution in [3.05, 3.63) is 36.7 Å². The van der Waals surface area contributed by atoms with Gasteiger partial charge in [-0.2, -0.15) is 10.1 Å². The van der Waals surface area contributed by atoms with Crippen LogP contribution in [0.1, 0.15) is 0 Å². The predicted molar refractivity (Wildman–Crippen MR) is 70.0 cm³/mol. The summed E-state index contributed by atoms with van der Waals surface area (Å²) in [5.41, 5.74) is 0. The summed E-state index contributed by atoms with van der Waals surface area (Å²) in [7, 11) is 0. The highest BCUT2D eigenvalue weighted by Crippen LogP contribution is 2.07. The first kappa shape index (κ1) is 13.5. The standard InChI is InChI=1S/C12H13N5O3/c18-10(16-12-14-8-15-17-12)6-13-11(19)7-20-9-4-2-1-3-5-9/h1-5,8H,6-7H2,(H,13,19)(H2,14,15,16,17,18). The molecule has 8 nitrogen and oxygen atoms in total. The van der Waals surface area contributed by atoms with Gasteiger partial charge in [-0.05, 0) is 12.1 Å². The normalized spacial score (nSPS) is 9.80. The van der Waals surface area contributed by atoms with Crippen LogP contribution < -0.4 is 15.4 Å². The number of ether oxygens (including phenoxy) is 1. The van der Waals surface area contributed by atoms with E-state index >= 15 is 0 Å². The number of nitrogens with one attached hydrogen (secondary N) is 3. The lowest BCUT2D eigenvalue weighted by molar-refractivity contribution is -0.125. The zero-order chi connectivity index (χ0) is 14.2. The second-order valence-corrected chi connectivity index (χ2v) is 3.76. The van der Waals surface area contributed by atoms with Gasteiger partial charge in [0.1, 0.15) is 12.1 Å². The molecule has 20 heavy (non-hydrogen) atoms. The molecule has 2 rings (SSSR count). The highest BCUT2D eigenvalue weighted by Gasteiger charge is 2.07. The molecule has 0 spiro atoms. The van der Waals surface area contributed by atoms with Crippen LogP contribution in [-0.4, -0.2) is 40.1 Å². The molecule has 8 heteroatoms. The third-order valence-electron chi connectivity index (χ3n) is 2.23. The molecule has 1 heterocycles. The van der Waals surface area contributed by atoms with Crippen molar-refractivity contribution in [3.63, 3.8) is 0 Å². The number of amides is 2. The zero-order valence-electron chi connectivity index (χ0n) is 10.5. The lowest BCUT2D eigenvalue weighted by atomic mass is 10.3. The molecule has 0 radical (unpaired) electrons. The van der Waals surface area contributed by atoms with Crippen LogP contribution in [0.3, 0.4) is 0 Å². The van der Waals surface area contributed by atoms with Gasteiger partial charge < -0.3 is 10.1 Å². The molecular formula is C12H13N5O3. The first-order valence-electron chi connectivity index (χ1n) is 5.84. The number of hydrogen-bond donors (Lipinski definition) is 3. The Kier molecular flexibility index (Phi) is 4.65. The number of rotatable bonds is 6. The number of para-hydroxylation sites is 1. The number of H-pyrrole nitrogens is 1. The maximum atomic E-state index is 11.5. The van der Waals surface area contributed by atoms with E-state index in [-0.39, 0.29) is 25.0 Å². The molecule has 104 valence electrons. The number of aromatic nitrogens is 3. The molecule has 0 atom stereocenters. The van der Waals surface area contributed by atoms with E-state index in [0.29, 0.717) is 5.75 Å². The Bertz CT molecular complexity index is 556. The van der Waals surface area contributed by atoms with Crippen molar-refractivity contribution in [2.75, 3.05) is 18.5 Å². The van der Waals surface area contributed by atoms with E-state index in [4.69, 9.17) is 4.74 Å². The van der Waals surface area contributed by atoms with E-state index in [0.717, 1.165) is 0 Å². The molecule has 0 saturated carbocycles. The van der Waals surface area contributed by atoms with Gasteiger partial charge in [0.15, 0.2) is 6.61 Å². The molecule has 0 aliphatic rings. The monoisotopic (exact) mass is 275 g/mol. The lowest BCUT2D eigenvalue weighted by Crippen LogP contribution is -2.35. The van der Waals surface area contributed by atoms with Gasteiger partial charge >= 0.3 is 0 Å². The van der Waals surface area contributed by atoms with Crippen LogP contribution in [0.2, 0.25) is 0 Å². The number of carbonyl (C=O) groups excluding carboxylic acids is 2. The van der Waals surface area contributed by atoms with Crippen molar-refractivity contribution in [1.29, 1.82) is 0 Å². The van der Waals surface area contributed by atoms with E-state index in [1.807, 2.05) is 6.07 Å². The van der Waals surface area contributed by atoms with Gasteiger partial charge in [-0.3, -0.25) is 14.9 Å². The van der Waals surface area contributed by atoms with Crippen molar-refractivity contribution < 1.29 is 14.3 Å². The number of anilines is 1. The van der Waals surface area contributed by atoms with Crippen LogP contribution in [-0.2, 0) is 9.59 Å². The number of aromatic amines is 1. The minimum absolute atomic E-state index is 0.153. The fraction of sp³-hybridized carbons (Fsp3) is 0.167. The second kappa shape index (κ2) is 6.88. The maximum absolute atomic E-state index is 11.5. The molecule has 2 aromatic rings. The molecule has 0 aliphatic carbocycles. The topological polar surface area (TPSA) is 109 Å². The van der Waals surface area contributed by atoms with Crippen LogP contribution in [0.4, 0.5) is 5.95 Å². The predicted octanol–water partition coefficient (Wildman–Crippen LogP) is -0.0616. The third-order valence-corrected chi connectivity index (χ3v) is 2.23. The highest BCUT2D eigenvalue weighted by molar-refractivity contribution is 5.93. The Balaban J connectivity index is 1.66. The summed E-state index contributed by atoms with van der Waals surface area (Å²) in [5.74, 6) is 0.0231. The summed E-state index contributed by atoms with van der Waals surface area (Å²) >= 11 is 0. The molecule has 1 aromatic carbocycles. The van der Waals surface area contributed by atoms with Crippen LogP contribution in [0.25, 0.3) is 0 Å². The smallest absolute Gasteiger partial charge is 0.258 e. The zero-order valence-corrected chi connectivity index (χ0v) is 10.5. The Morgan fingerprint density at radius 2 is 2.00 bits per heavy atom. The average Bonchev–Trinajstić information content (AvgIpc) is 2.97.